The van der Waals surface area contributed by atoms with E-state index in [-0.39, 0.29) is 6.04 Å². The van der Waals surface area contributed by atoms with Crippen LogP contribution in [0.3, 0.4) is 0 Å². The SMILES string of the molecule is CCCCNC(C#N)c1ccc(OC)c(OCC)c1. The first-order valence-corrected chi connectivity index (χ1v) is 6.70. The van der Waals surface area contributed by atoms with Gasteiger partial charge in [-0.2, -0.15) is 5.26 Å². The van der Waals surface area contributed by atoms with Crippen LogP contribution in [0.2, 0.25) is 0 Å². The zero-order valence-electron chi connectivity index (χ0n) is 11.9. The fourth-order valence-electron chi connectivity index (χ4n) is 1.80. The molecule has 1 aromatic carbocycles. The Bertz CT molecular complexity index is 427. The van der Waals surface area contributed by atoms with Crippen LogP contribution in [0.5, 0.6) is 11.5 Å². The van der Waals surface area contributed by atoms with Crippen molar-refractivity contribution in [1.29, 1.82) is 5.26 Å². The van der Waals surface area contributed by atoms with Crippen molar-refractivity contribution in [1.82, 2.24) is 5.32 Å². The molecule has 4 heteroatoms. The molecule has 104 valence electrons. The summed E-state index contributed by atoms with van der Waals surface area (Å²) in [5.74, 6) is 1.37. The van der Waals surface area contributed by atoms with E-state index in [1.54, 1.807) is 7.11 Å². The summed E-state index contributed by atoms with van der Waals surface area (Å²) < 4.78 is 10.8. The number of unbranched alkanes of at least 4 members (excludes halogenated alkanes) is 1. The third kappa shape index (κ3) is 4.46. The van der Waals surface area contributed by atoms with Crippen LogP contribution in [0, 0.1) is 11.3 Å². The van der Waals surface area contributed by atoms with Gasteiger partial charge in [0.25, 0.3) is 0 Å². The lowest BCUT2D eigenvalue weighted by Gasteiger charge is -2.15. The lowest BCUT2D eigenvalue weighted by Crippen LogP contribution is -2.21. The van der Waals surface area contributed by atoms with E-state index >= 15 is 0 Å². The van der Waals surface area contributed by atoms with Crippen molar-refractivity contribution < 1.29 is 9.47 Å². The molecule has 1 rings (SSSR count). The minimum absolute atomic E-state index is 0.309. The fourth-order valence-corrected chi connectivity index (χ4v) is 1.80. The average molecular weight is 262 g/mol. The molecule has 0 saturated heterocycles. The molecule has 1 atom stereocenters. The predicted octanol–water partition coefficient (Wildman–Crippen LogP) is 3.05. The number of nitrogens with one attached hydrogen (secondary N) is 1. The maximum absolute atomic E-state index is 9.24. The van der Waals surface area contributed by atoms with E-state index < -0.39 is 0 Å². The van der Waals surface area contributed by atoms with E-state index in [0.29, 0.717) is 18.1 Å². The van der Waals surface area contributed by atoms with Crippen LogP contribution >= 0.6 is 0 Å². The van der Waals surface area contributed by atoms with Gasteiger partial charge in [0, 0.05) is 0 Å². The zero-order chi connectivity index (χ0) is 14.1. The molecule has 0 bridgehead atoms. The topological polar surface area (TPSA) is 54.3 Å². The molecule has 0 aliphatic carbocycles. The van der Waals surface area contributed by atoms with Gasteiger partial charge in [-0.3, -0.25) is 5.32 Å². The Morgan fingerprint density at radius 3 is 2.68 bits per heavy atom. The number of nitriles is 1. The molecule has 19 heavy (non-hydrogen) atoms. The highest BCUT2D eigenvalue weighted by Crippen LogP contribution is 2.30. The quantitative estimate of drug-likeness (QED) is 0.732. The Labute approximate surface area is 115 Å². The van der Waals surface area contributed by atoms with Gasteiger partial charge in [0.05, 0.1) is 19.8 Å². The minimum Gasteiger partial charge on any atom is -0.493 e. The maximum Gasteiger partial charge on any atom is 0.161 e. The first kappa shape index (κ1) is 15.3. The molecular formula is C15H22N2O2. The lowest BCUT2D eigenvalue weighted by atomic mass is 10.1. The maximum atomic E-state index is 9.24. The largest absolute Gasteiger partial charge is 0.493 e. The Kier molecular flexibility index (Phi) is 6.76. The Balaban J connectivity index is 2.86. The number of nitrogens with zero attached hydrogens (tertiary/aromatic N) is 1. The summed E-state index contributed by atoms with van der Waals surface area (Å²) in [5.41, 5.74) is 0.905. The van der Waals surface area contributed by atoms with Crippen molar-refractivity contribution in [3.63, 3.8) is 0 Å². The van der Waals surface area contributed by atoms with Gasteiger partial charge < -0.3 is 9.47 Å². The van der Waals surface area contributed by atoms with Gasteiger partial charge in [-0.25, -0.2) is 0 Å². The molecule has 0 spiro atoms. The third-order valence-electron chi connectivity index (χ3n) is 2.83. The van der Waals surface area contributed by atoms with Crippen molar-refractivity contribution >= 4 is 0 Å². The third-order valence-corrected chi connectivity index (χ3v) is 2.83. The van der Waals surface area contributed by atoms with Crippen molar-refractivity contribution in [3.05, 3.63) is 23.8 Å². The van der Waals surface area contributed by atoms with Gasteiger partial charge in [0.15, 0.2) is 11.5 Å². The monoisotopic (exact) mass is 262 g/mol. The summed E-state index contributed by atoms with van der Waals surface area (Å²) in [7, 11) is 1.61. The number of hydrogen-bond donors (Lipinski definition) is 1. The van der Waals surface area contributed by atoms with Crippen LogP contribution in [0.25, 0.3) is 0 Å². The minimum atomic E-state index is -0.309. The van der Waals surface area contributed by atoms with Crippen LogP contribution in [-0.4, -0.2) is 20.3 Å². The van der Waals surface area contributed by atoms with Crippen LogP contribution in [0.1, 0.15) is 38.3 Å². The Morgan fingerprint density at radius 1 is 1.32 bits per heavy atom. The predicted molar refractivity (Wildman–Crippen MR) is 75.4 cm³/mol. The first-order chi connectivity index (χ1) is 9.26. The summed E-state index contributed by atoms with van der Waals surface area (Å²) in [5, 5.41) is 12.5. The molecule has 0 heterocycles. The van der Waals surface area contributed by atoms with E-state index in [4.69, 9.17) is 9.47 Å². The molecule has 0 aliphatic heterocycles. The molecule has 0 radical (unpaired) electrons. The molecule has 4 nitrogen and oxygen atoms in total. The molecule has 0 aliphatic rings. The van der Waals surface area contributed by atoms with Crippen molar-refractivity contribution in [2.75, 3.05) is 20.3 Å². The lowest BCUT2D eigenvalue weighted by molar-refractivity contribution is 0.310. The van der Waals surface area contributed by atoms with Gasteiger partial charge >= 0.3 is 0 Å². The van der Waals surface area contributed by atoms with E-state index in [1.165, 1.54) is 0 Å². The molecule has 0 fully saturated rings. The zero-order valence-corrected chi connectivity index (χ0v) is 11.9. The summed E-state index contributed by atoms with van der Waals surface area (Å²) in [6, 6.07) is 7.57. The van der Waals surface area contributed by atoms with E-state index in [9.17, 15) is 5.26 Å². The number of ether oxygens (including phenoxy) is 2. The highest BCUT2D eigenvalue weighted by atomic mass is 16.5. The van der Waals surface area contributed by atoms with Crippen LogP contribution in [0.15, 0.2) is 18.2 Å². The second-order valence-corrected chi connectivity index (χ2v) is 4.21. The van der Waals surface area contributed by atoms with E-state index in [1.807, 2.05) is 25.1 Å². The molecule has 0 saturated carbocycles. The molecule has 1 unspecified atom stereocenters. The highest BCUT2D eigenvalue weighted by molar-refractivity contribution is 5.44. The average Bonchev–Trinajstić information content (AvgIpc) is 2.44. The molecular weight excluding hydrogens is 240 g/mol. The van der Waals surface area contributed by atoms with Gasteiger partial charge in [-0.1, -0.05) is 19.4 Å². The van der Waals surface area contributed by atoms with Crippen molar-refractivity contribution in [2.45, 2.75) is 32.7 Å². The normalized spacial score (nSPS) is 11.7. The Morgan fingerprint density at radius 2 is 2.11 bits per heavy atom. The summed E-state index contributed by atoms with van der Waals surface area (Å²) >= 11 is 0. The van der Waals surface area contributed by atoms with Gasteiger partial charge in [0.1, 0.15) is 6.04 Å². The Hall–Kier alpha value is -1.73. The summed E-state index contributed by atoms with van der Waals surface area (Å²) in [6.45, 7) is 5.46. The number of methoxy groups -OCH3 is 1. The fraction of sp³-hybridized carbons (Fsp3) is 0.533. The molecule has 1 aromatic rings. The van der Waals surface area contributed by atoms with Crippen molar-refractivity contribution in [3.8, 4) is 17.6 Å². The first-order valence-electron chi connectivity index (χ1n) is 6.70. The second kappa shape index (κ2) is 8.39. The smallest absolute Gasteiger partial charge is 0.161 e. The van der Waals surface area contributed by atoms with E-state index in [0.717, 1.165) is 24.9 Å². The molecule has 0 amide bonds. The highest BCUT2D eigenvalue weighted by Gasteiger charge is 2.13. The van der Waals surface area contributed by atoms with Crippen LogP contribution in [-0.2, 0) is 0 Å². The summed E-state index contributed by atoms with van der Waals surface area (Å²) in [4.78, 5) is 0. The van der Waals surface area contributed by atoms with Gasteiger partial charge in [-0.05, 0) is 37.6 Å². The van der Waals surface area contributed by atoms with Gasteiger partial charge in [0.2, 0.25) is 0 Å². The molecule has 1 N–H and O–H groups in total. The second-order valence-electron chi connectivity index (χ2n) is 4.21. The number of rotatable bonds is 8. The van der Waals surface area contributed by atoms with Gasteiger partial charge in [-0.15, -0.1) is 0 Å². The van der Waals surface area contributed by atoms with Crippen LogP contribution in [0.4, 0.5) is 0 Å². The van der Waals surface area contributed by atoms with E-state index in [2.05, 4.69) is 18.3 Å². The van der Waals surface area contributed by atoms with Crippen molar-refractivity contribution in [2.24, 2.45) is 0 Å². The standard InChI is InChI=1S/C15H22N2O2/c1-4-6-9-17-13(11-16)12-7-8-14(18-3)15(10-12)19-5-2/h7-8,10,13,17H,4-6,9H2,1-3H3. The number of hydrogen-bond acceptors (Lipinski definition) is 4. The molecule has 0 aromatic heterocycles. The number of benzene rings is 1. The van der Waals surface area contributed by atoms with Crippen LogP contribution < -0.4 is 14.8 Å². The summed E-state index contributed by atoms with van der Waals surface area (Å²) in [6.07, 6.45) is 2.17.